The van der Waals surface area contributed by atoms with Crippen LogP contribution in [-0.4, -0.2) is 16.0 Å². The van der Waals surface area contributed by atoms with Gasteiger partial charge in [-0.15, -0.1) is 0 Å². The fourth-order valence-electron chi connectivity index (χ4n) is 1.67. The molecular formula is C13H10ClN5OS. The summed E-state index contributed by atoms with van der Waals surface area (Å²) in [5.74, 6) is 0. The molecule has 3 N–H and O–H groups in total. The number of urea groups is 1. The van der Waals surface area contributed by atoms with Crippen LogP contribution in [0.3, 0.4) is 0 Å². The lowest BCUT2D eigenvalue weighted by atomic mass is 10.3. The number of para-hydroxylation sites is 1. The summed E-state index contributed by atoms with van der Waals surface area (Å²) in [5.41, 5.74) is 6.56. The van der Waals surface area contributed by atoms with E-state index in [0.717, 1.165) is 10.2 Å². The van der Waals surface area contributed by atoms with Crippen molar-refractivity contribution in [3.63, 3.8) is 0 Å². The normalized spacial score (nSPS) is 10.3. The van der Waals surface area contributed by atoms with Gasteiger partial charge in [-0.3, -0.25) is 5.43 Å². The van der Waals surface area contributed by atoms with E-state index in [1.807, 2.05) is 24.3 Å². The summed E-state index contributed by atoms with van der Waals surface area (Å²) in [6.45, 7) is 0. The molecule has 3 aromatic rings. The molecule has 21 heavy (non-hydrogen) atoms. The Hall–Kier alpha value is -2.38. The number of nitrogens with one attached hydrogen (secondary N) is 3. The summed E-state index contributed by atoms with van der Waals surface area (Å²) in [6.07, 6.45) is 1.55. The average Bonchev–Trinajstić information content (AvgIpc) is 2.90. The maximum absolute atomic E-state index is 11.8. The molecule has 1 aromatic carbocycles. The van der Waals surface area contributed by atoms with E-state index in [1.165, 1.54) is 11.3 Å². The molecule has 0 spiro atoms. The number of anilines is 2. The summed E-state index contributed by atoms with van der Waals surface area (Å²) in [5, 5.41) is 3.41. The van der Waals surface area contributed by atoms with E-state index in [-0.39, 0.29) is 5.15 Å². The van der Waals surface area contributed by atoms with Crippen molar-refractivity contribution in [2.75, 3.05) is 10.7 Å². The van der Waals surface area contributed by atoms with Crippen molar-refractivity contribution in [3.05, 3.63) is 47.7 Å². The van der Waals surface area contributed by atoms with Gasteiger partial charge in [-0.25, -0.2) is 20.2 Å². The van der Waals surface area contributed by atoms with Crippen molar-refractivity contribution in [1.82, 2.24) is 15.4 Å². The summed E-state index contributed by atoms with van der Waals surface area (Å²) in [6, 6.07) is 10.6. The number of benzene rings is 1. The number of carbonyl (C=O) groups excluding carboxylic acids is 1. The lowest BCUT2D eigenvalue weighted by Gasteiger charge is -2.08. The SMILES string of the molecule is O=C(NNc1nc2ccccc2s1)Nc1cccnc1Cl. The quantitative estimate of drug-likeness (QED) is 0.510. The first-order valence-corrected chi connectivity index (χ1v) is 7.21. The van der Waals surface area contributed by atoms with Gasteiger partial charge in [-0.2, -0.15) is 0 Å². The molecule has 0 radical (unpaired) electrons. The Morgan fingerprint density at radius 1 is 1.19 bits per heavy atom. The Morgan fingerprint density at radius 2 is 2.05 bits per heavy atom. The average molecular weight is 320 g/mol. The van der Waals surface area contributed by atoms with Crippen LogP contribution >= 0.6 is 22.9 Å². The first-order valence-electron chi connectivity index (χ1n) is 6.01. The molecule has 3 rings (SSSR count). The second kappa shape index (κ2) is 5.94. The molecule has 0 bridgehead atoms. The molecule has 2 aromatic heterocycles. The lowest BCUT2D eigenvalue weighted by Crippen LogP contribution is -2.33. The predicted octanol–water partition coefficient (Wildman–Crippen LogP) is 3.49. The molecule has 0 atom stereocenters. The summed E-state index contributed by atoms with van der Waals surface area (Å²) in [7, 11) is 0. The number of halogens is 1. The monoisotopic (exact) mass is 319 g/mol. The van der Waals surface area contributed by atoms with Gasteiger partial charge < -0.3 is 5.32 Å². The molecule has 0 saturated carbocycles. The predicted molar refractivity (Wildman–Crippen MR) is 84.6 cm³/mol. The molecular weight excluding hydrogens is 310 g/mol. The number of thiazole rings is 1. The van der Waals surface area contributed by atoms with Gasteiger partial charge >= 0.3 is 6.03 Å². The minimum atomic E-state index is -0.454. The van der Waals surface area contributed by atoms with Crippen LogP contribution < -0.4 is 16.2 Å². The Morgan fingerprint density at radius 3 is 2.86 bits per heavy atom. The minimum absolute atomic E-state index is 0.229. The fraction of sp³-hybridized carbons (Fsp3) is 0. The number of nitrogens with zero attached hydrogens (tertiary/aromatic N) is 2. The van der Waals surface area contributed by atoms with E-state index >= 15 is 0 Å². The Bertz CT molecular complexity index is 758. The van der Waals surface area contributed by atoms with Gasteiger partial charge in [-0.05, 0) is 24.3 Å². The summed E-state index contributed by atoms with van der Waals surface area (Å²) in [4.78, 5) is 20.0. The Labute approximate surface area is 129 Å². The number of pyridine rings is 1. The molecule has 0 aliphatic heterocycles. The third kappa shape index (κ3) is 3.21. The van der Waals surface area contributed by atoms with E-state index in [9.17, 15) is 4.79 Å². The molecule has 6 nitrogen and oxygen atoms in total. The minimum Gasteiger partial charge on any atom is -0.304 e. The van der Waals surface area contributed by atoms with E-state index < -0.39 is 6.03 Å². The number of hydrogen-bond acceptors (Lipinski definition) is 5. The highest BCUT2D eigenvalue weighted by Crippen LogP contribution is 2.24. The third-order valence-corrected chi connectivity index (χ3v) is 3.84. The second-order valence-electron chi connectivity index (χ2n) is 4.03. The number of hydrazine groups is 1. The molecule has 8 heteroatoms. The number of fused-ring (bicyclic) bond motifs is 1. The van der Waals surface area contributed by atoms with Crippen LogP contribution in [0.5, 0.6) is 0 Å². The van der Waals surface area contributed by atoms with Crippen LogP contribution in [0.2, 0.25) is 5.15 Å². The van der Waals surface area contributed by atoms with Gasteiger partial charge in [0.1, 0.15) is 0 Å². The number of rotatable bonds is 3. The molecule has 0 saturated heterocycles. The summed E-state index contributed by atoms with van der Waals surface area (Å²) < 4.78 is 1.04. The molecule has 2 heterocycles. The summed E-state index contributed by atoms with van der Waals surface area (Å²) >= 11 is 7.30. The number of carbonyl (C=O) groups is 1. The van der Waals surface area contributed by atoms with Crippen molar-refractivity contribution in [2.24, 2.45) is 0 Å². The fourth-order valence-corrected chi connectivity index (χ4v) is 2.65. The molecule has 2 amide bonds. The highest BCUT2D eigenvalue weighted by Gasteiger charge is 2.07. The van der Waals surface area contributed by atoms with Crippen LogP contribution in [0, 0.1) is 0 Å². The van der Waals surface area contributed by atoms with Crippen LogP contribution in [0.25, 0.3) is 10.2 Å². The van der Waals surface area contributed by atoms with Crippen LogP contribution in [0.4, 0.5) is 15.6 Å². The van der Waals surface area contributed by atoms with Crippen molar-refractivity contribution >= 4 is 50.0 Å². The Balaban J connectivity index is 1.62. The third-order valence-electron chi connectivity index (χ3n) is 2.58. The molecule has 106 valence electrons. The van der Waals surface area contributed by atoms with Crippen LogP contribution in [0.15, 0.2) is 42.6 Å². The highest BCUT2D eigenvalue weighted by molar-refractivity contribution is 7.22. The van der Waals surface area contributed by atoms with Crippen molar-refractivity contribution in [2.45, 2.75) is 0 Å². The number of amides is 2. The van der Waals surface area contributed by atoms with E-state index in [0.29, 0.717) is 10.8 Å². The maximum Gasteiger partial charge on any atom is 0.338 e. The van der Waals surface area contributed by atoms with E-state index in [4.69, 9.17) is 11.6 Å². The van der Waals surface area contributed by atoms with Crippen molar-refractivity contribution < 1.29 is 4.79 Å². The largest absolute Gasteiger partial charge is 0.338 e. The number of hydrogen-bond donors (Lipinski definition) is 3. The highest BCUT2D eigenvalue weighted by atomic mass is 35.5. The standard InChI is InChI=1S/C13H10ClN5OS/c14-11-9(5-3-7-15-11)16-12(20)18-19-13-17-8-4-1-2-6-10(8)21-13/h1-7H,(H,17,19)(H2,16,18,20). The molecule has 0 aliphatic rings. The van der Waals surface area contributed by atoms with Gasteiger partial charge in [-0.1, -0.05) is 35.1 Å². The first kappa shape index (κ1) is 13.6. The van der Waals surface area contributed by atoms with Gasteiger partial charge in [0, 0.05) is 6.20 Å². The van der Waals surface area contributed by atoms with Gasteiger partial charge in [0.15, 0.2) is 5.15 Å². The van der Waals surface area contributed by atoms with Crippen molar-refractivity contribution in [3.8, 4) is 0 Å². The van der Waals surface area contributed by atoms with E-state index in [1.54, 1.807) is 18.3 Å². The smallest absolute Gasteiger partial charge is 0.304 e. The molecule has 0 unspecified atom stereocenters. The second-order valence-corrected chi connectivity index (χ2v) is 5.42. The molecule has 0 aliphatic carbocycles. The zero-order chi connectivity index (χ0) is 14.7. The van der Waals surface area contributed by atoms with Gasteiger partial charge in [0.2, 0.25) is 5.13 Å². The van der Waals surface area contributed by atoms with E-state index in [2.05, 4.69) is 26.1 Å². The van der Waals surface area contributed by atoms with Gasteiger partial charge in [0.05, 0.1) is 15.9 Å². The zero-order valence-corrected chi connectivity index (χ0v) is 12.2. The first-order chi connectivity index (χ1) is 10.2. The number of aromatic nitrogens is 2. The van der Waals surface area contributed by atoms with Crippen LogP contribution in [0.1, 0.15) is 0 Å². The molecule has 0 fully saturated rings. The van der Waals surface area contributed by atoms with Crippen LogP contribution in [-0.2, 0) is 0 Å². The van der Waals surface area contributed by atoms with Crippen molar-refractivity contribution in [1.29, 1.82) is 0 Å². The topological polar surface area (TPSA) is 78.9 Å². The van der Waals surface area contributed by atoms with Gasteiger partial charge in [0.25, 0.3) is 0 Å². The zero-order valence-electron chi connectivity index (χ0n) is 10.6. The maximum atomic E-state index is 11.8. The lowest BCUT2D eigenvalue weighted by molar-refractivity contribution is 0.254. The Kier molecular flexibility index (Phi) is 3.85.